The molecule has 2 atom stereocenters. The Labute approximate surface area is 199 Å². The van der Waals surface area contributed by atoms with Crippen LogP contribution in [-0.2, 0) is 9.53 Å². The van der Waals surface area contributed by atoms with E-state index < -0.39 is 0 Å². The number of hydrogen-bond donors (Lipinski definition) is 1. The van der Waals surface area contributed by atoms with Crippen LogP contribution in [0.4, 0.5) is 0 Å². The first-order chi connectivity index (χ1) is 14.0. The third-order valence-corrected chi connectivity index (χ3v) is 6.25. The van der Waals surface area contributed by atoms with Crippen molar-refractivity contribution >= 4 is 35.8 Å². The Morgan fingerprint density at radius 2 is 1.87 bits per heavy atom. The standard InChI is InChI=1S/C22H39N5O2.HI/c1-18-14-19(2)16-27(15-18)21(28)17-25-8-10-26(11-9-25)22(23-3)24-7-4-20-5-12-29-13-6-20;/h5,18-19H,4,6-17H2,1-3H3,(H,23,24);1H. The first kappa shape index (κ1) is 25.4. The second-order valence-electron chi connectivity index (χ2n) is 8.92. The molecule has 2 saturated heterocycles. The number of nitrogens with one attached hydrogen (secondary N) is 1. The van der Waals surface area contributed by atoms with Crippen LogP contribution in [0.5, 0.6) is 0 Å². The van der Waals surface area contributed by atoms with E-state index >= 15 is 0 Å². The topological polar surface area (TPSA) is 60.4 Å². The second kappa shape index (κ2) is 12.9. The molecule has 3 aliphatic rings. The van der Waals surface area contributed by atoms with Crippen molar-refractivity contribution in [1.29, 1.82) is 0 Å². The highest BCUT2D eigenvalue weighted by atomic mass is 127. The zero-order valence-corrected chi connectivity index (χ0v) is 21.3. The van der Waals surface area contributed by atoms with E-state index in [1.54, 1.807) is 0 Å². The average molecular weight is 533 g/mol. The zero-order valence-electron chi connectivity index (χ0n) is 18.9. The lowest BCUT2D eigenvalue weighted by Gasteiger charge is -2.39. The number of ether oxygens (including phenoxy) is 1. The Morgan fingerprint density at radius 1 is 1.17 bits per heavy atom. The monoisotopic (exact) mass is 533 g/mol. The molecule has 8 heteroatoms. The number of aliphatic imine (C=N–C) groups is 1. The summed E-state index contributed by atoms with van der Waals surface area (Å²) in [4.78, 5) is 23.9. The molecule has 7 nitrogen and oxygen atoms in total. The Morgan fingerprint density at radius 3 is 2.47 bits per heavy atom. The second-order valence-corrected chi connectivity index (χ2v) is 8.92. The number of piperidine rings is 1. The summed E-state index contributed by atoms with van der Waals surface area (Å²) in [7, 11) is 1.85. The minimum absolute atomic E-state index is 0. The van der Waals surface area contributed by atoms with E-state index in [0.29, 0.717) is 24.3 Å². The molecule has 1 amide bonds. The SMILES string of the molecule is CN=C(NCCC1=CCOCC1)N1CCN(CC(=O)N2CC(C)CC(C)C2)CC1.I. The summed E-state index contributed by atoms with van der Waals surface area (Å²) in [6, 6.07) is 0. The number of piperazine rings is 1. The molecule has 0 aromatic carbocycles. The highest BCUT2D eigenvalue weighted by molar-refractivity contribution is 14.0. The van der Waals surface area contributed by atoms with Crippen molar-refractivity contribution in [2.24, 2.45) is 16.8 Å². The Kier molecular flexibility index (Phi) is 10.9. The van der Waals surface area contributed by atoms with Crippen molar-refractivity contribution in [2.45, 2.75) is 33.1 Å². The van der Waals surface area contributed by atoms with Gasteiger partial charge in [-0.2, -0.15) is 0 Å². The van der Waals surface area contributed by atoms with Gasteiger partial charge in [0.2, 0.25) is 5.91 Å². The van der Waals surface area contributed by atoms with Crippen LogP contribution in [0.25, 0.3) is 0 Å². The third-order valence-electron chi connectivity index (χ3n) is 6.25. The normalized spacial score (nSPS) is 26.1. The van der Waals surface area contributed by atoms with Crippen LogP contribution in [0.2, 0.25) is 0 Å². The van der Waals surface area contributed by atoms with Crippen molar-refractivity contribution in [2.75, 3.05) is 72.6 Å². The molecule has 0 spiro atoms. The first-order valence-corrected chi connectivity index (χ1v) is 11.3. The Hall–Kier alpha value is -0.870. The molecule has 3 heterocycles. The van der Waals surface area contributed by atoms with E-state index in [1.165, 1.54) is 12.0 Å². The average Bonchev–Trinajstić information content (AvgIpc) is 2.72. The molecule has 30 heavy (non-hydrogen) atoms. The fourth-order valence-corrected chi connectivity index (χ4v) is 4.74. The van der Waals surface area contributed by atoms with Gasteiger partial charge >= 0.3 is 0 Å². The number of carbonyl (C=O) groups excluding carboxylic acids is 1. The number of amides is 1. The fourth-order valence-electron chi connectivity index (χ4n) is 4.74. The fraction of sp³-hybridized carbons (Fsp3) is 0.818. The number of rotatable bonds is 5. The molecule has 1 N–H and O–H groups in total. The number of nitrogens with zero attached hydrogens (tertiary/aromatic N) is 4. The molecule has 0 bridgehead atoms. The molecule has 0 aliphatic carbocycles. The van der Waals surface area contributed by atoms with Crippen molar-refractivity contribution in [3.63, 3.8) is 0 Å². The maximum Gasteiger partial charge on any atom is 0.236 e. The summed E-state index contributed by atoms with van der Waals surface area (Å²) in [6.45, 7) is 13.0. The largest absolute Gasteiger partial charge is 0.377 e. The predicted molar refractivity (Wildman–Crippen MR) is 132 cm³/mol. The molecule has 0 saturated carbocycles. The van der Waals surface area contributed by atoms with Gasteiger partial charge in [0.1, 0.15) is 0 Å². The lowest BCUT2D eigenvalue weighted by atomic mass is 9.92. The first-order valence-electron chi connectivity index (χ1n) is 11.3. The van der Waals surface area contributed by atoms with Gasteiger partial charge in [-0.05, 0) is 31.1 Å². The summed E-state index contributed by atoms with van der Waals surface area (Å²) in [5.41, 5.74) is 1.48. The van der Waals surface area contributed by atoms with Crippen LogP contribution >= 0.6 is 24.0 Å². The van der Waals surface area contributed by atoms with Crippen molar-refractivity contribution in [3.8, 4) is 0 Å². The third kappa shape index (κ3) is 7.67. The minimum atomic E-state index is 0. The highest BCUT2D eigenvalue weighted by Gasteiger charge is 2.28. The van der Waals surface area contributed by atoms with Crippen molar-refractivity contribution in [1.82, 2.24) is 20.0 Å². The lowest BCUT2D eigenvalue weighted by Crippen LogP contribution is -2.55. The molecule has 3 rings (SSSR count). The predicted octanol–water partition coefficient (Wildman–Crippen LogP) is 2.04. The van der Waals surface area contributed by atoms with Crippen LogP contribution in [-0.4, -0.2) is 99.2 Å². The lowest BCUT2D eigenvalue weighted by molar-refractivity contribution is -0.135. The molecular formula is C22H40IN5O2. The van der Waals surface area contributed by atoms with E-state index in [-0.39, 0.29) is 24.0 Å². The molecular weight excluding hydrogens is 493 g/mol. The van der Waals surface area contributed by atoms with E-state index in [2.05, 4.69) is 44.9 Å². The van der Waals surface area contributed by atoms with Gasteiger partial charge < -0.3 is 19.9 Å². The van der Waals surface area contributed by atoms with E-state index in [9.17, 15) is 4.79 Å². The summed E-state index contributed by atoms with van der Waals surface area (Å²) in [5.74, 6) is 2.50. The summed E-state index contributed by atoms with van der Waals surface area (Å²) in [5, 5.41) is 3.50. The summed E-state index contributed by atoms with van der Waals surface area (Å²) >= 11 is 0. The number of halogens is 1. The van der Waals surface area contributed by atoms with Gasteiger partial charge in [0.15, 0.2) is 5.96 Å². The Balaban J connectivity index is 0.00000320. The number of carbonyl (C=O) groups is 1. The van der Waals surface area contributed by atoms with Gasteiger partial charge in [0.25, 0.3) is 0 Å². The van der Waals surface area contributed by atoms with Gasteiger partial charge in [-0.1, -0.05) is 25.5 Å². The number of guanidine groups is 1. The van der Waals surface area contributed by atoms with E-state index in [1.807, 2.05) is 7.05 Å². The molecule has 172 valence electrons. The summed E-state index contributed by atoms with van der Waals surface area (Å²) in [6.07, 6.45) is 5.53. The van der Waals surface area contributed by atoms with E-state index in [4.69, 9.17) is 4.74 Å². The molecule has 0 radical (unpaired) electrons. The maximum absolute atomic E-state index is 12.7. The zero-order chi connectivity index (χ0) is 20.6. The van der Waals surface area contributed by atoms with Gasteiger partial charge in [0, 0.05) is 52.9 Å². The maximum atomic E-state index is 12.7. The van der Waals surface area contributed by atoms with E-state index in [0.717, 1.165) is 77.8 Å². The van der Waals surface area contributed by atoms with Crippen LogP contribution in [0.1, 0.15) is 33.1 Å². The van der Waals surface area contributed by atoms with Crippen LogP contribution in [0.15, 0.2) is 16.6 Å². The van der Waals surface area contributed by atoms with Gasteiger partial charge in [-0.25, -0.2) is 0 Å². The van der Waals surface area contributed by atoms with Gasteiger partial charge in [-0.3, -0.25) is 14.7 Å². The number of hydrogen-bond acceptors (Lipinski definition) is 4. The van der Waals surface area contributed by atoms with Crippen molar-refractivity contribution in [3.05, 3.63) is 11.6 Å². The molecule has 0 aromatic heterocycles. The van der Waals surface area contributed by atoms with Crippen LogP contribution in [0, 0.1) is 11.8 Å². The Bertz CT molecular complexity index is 594. The highest BCUT2D eigenvalue weighted by Crippen LogP contribution is 2.21. The van der Waals surface area contributed by atoms with Crippen LogP contribution < -0.4 is 5.32 Å². The molecule has 2 unspecified atom stereocenters. The molecule has 3 aliphatic heterocycles. The molecule has 2 fully saturated rings. The van der Waals surface area contributed by atoms with Crippen LogP contribution in [0.3, 0.4) is 0 Å². The van der Waals surface area contributed by atoms with Crippen molar-refractivity contribution < 1.29 is 9.53 Å². The van der Waals surface area contributed by atoms with Gasteiger partial charge in [0.05, 0.1) is 19.8 Å². The van der Waals surface area contributed by atoms with Gasteiger partial charge in [-0.15, -0.1) is 24.0 Å². The quantitative estimate of drug-likeness (QED) is 0.254. The molecule has 0 aromatic rings. The smallest absolute Gasteiger partial charge is 0.236 e. The minimum Gasteiger partial charge on any atom is -0.377 e. The number of likely N-dealkylation sites (tertiary alicyclic amines) is 1. The summed E-state index contributed by atoms with van der Waals surface area (Å²) < 4.78 is 5.37.